The third-order valence-corrected chi connectivity index (χ3v) is 5.05. The molecule has 3 rings (SSSR count). The maximum absolute atomic E-state index is 12.9. The smallest absolute Gasteiger partial charge is 0.272 e. The van der Waals surface area contributed by atoms with Crippen LogP contribution in [0.4, 0.5) is 0 Å². The molecule has 1 aliphatic rings. The van der Waals surface area contributed by atoms with E-state index in [9.17, 15) is 4.79 Å². The van der Waals surface area contributed by atoms with Crippen molar-refractivity contribution in [2.24, 2.45) is 7.05 Å². The average molecular weight is 358 g/mol. The van der Waals surface area contributed by atoms with Gasteiger partial charge in [0.15, 0.2) is 0 Å². The number of amides is 1. The minimum Gasteiger partial charge on any atom is -0.337 e. The first kappa shape index (κ1) is 18.6. The third-order valence-electron chi connectivity index (χ3n) is 5.05. The fourth-order valence-electron chi connectivity index (χ4n) is 3.77. The second kappa shape index (κ2) is 8.03. The first-order valence-corrected chi connectivity index (χ1v) is 9.41. The van der Waals surface area contributed by atoms with E-state index >= 15 is 0 Å². The zero-order valence-electron chi connectivity index (χ0n) is 16.4. The number of aromatic nitrogens is 4. The molecule has 0 spiro atoms. The van der Waals surface area contributed by atoms with Crippen molar-refractivity contribution in [2.45, 2.75) is 38.6 Å². The summed E-state index contributed by atoms with van der Waals surface area (Å²) in [5, 5.41) is 4.31. The SMILES string of the molecule is Cc1cc(C(=O)N2CCCC(c3nccn3CCCN(C)C)C2)n(C)n1. The number of likely N-dealkylation sites (tertiary alicyclic amines) is 1. The van der Waals surface area contributed by atoms with Gasteiger partial charge in [-0.25, -0.2) is 4.98 Å². The van der Waals surface area contributed by atoms with Crippen molar-refractivity contribution in [3.63, 3.8) is 0 Å². The molecule has 1 aliphatic heterocycles. The molecule has 1 saturated heterocycles. The number of aryl methyl sites for hydroxylation is 3. The maximum atomic E-state index is 12.9. The van der Waals surface area contributed by atoms with E-state index in [1.54, 1.807) is 4.68 Å². The predicted molar refractivity (Wildman–Crippen MR) is 101 cm³/mol. The molecular weight excluding hydrogens is 328 g/mol. The molecule has 1 amide bonds. The summed E-state index contributed by atoms with van der Waals surface area (Å²) in [7, 11) is 6.03. The van der Waals surface area contributed by atoms with Crippen molar-refractivity contribution < 1.29 is 4.79 Å². The molecule has 0 aromatic carbocycles. The topological polar surface area (TPSA) is 59.2 Å². The molecule has 0 radical (unpaired) electrons. The van der Waals surface area contributed by atoms with Gasteiger partial charge in [-0.2, -0.15) is 5.10 Å². The highest BCUT2D eigenvalue weighted by molar-refractivity contribution is 5.92. The van der Waals surface area contributed by atoms with Crippen molar-refractivity contribution >= 4 is 5.91 Å². The molecule has 1 unspecified atom stereocenters. The van der Waals surface area contributed by atoms with E-state index in [2.05, 4.69) is 39.8 Å². The number of piperidine rings is 1. The number of hydrogen-bond donors (Lipinski definition) is 0. The van der Waals surface area contributed by atoms with Crippen molar-refractivity contribution in [2.75, 3.05) is 33.7 Å². The number of imidazole rings is 1. The lowest BCUT2D eigenvalue weighted by molar-refractivity contribution is 0.0692. The number of hydrogen-bond acceptors (Lipinski definition) is 4. The summed E-state index contributed by atoms with van der Waals surface area (Å²) in [6.45, 7) is 5.49. The largest absolute Gasteiger partial charge is 0.337 e. The van der Waals surface area contributed by atoms with Crippen molar-refractivity contribution in [1.82, 2.24) is 29.1 Å². The second-order valence-electron chi connectivity index (χ2n) is 7.52. The standard InChI is InChI=1S/C19H30N6O/c1-15-13-17(23(4)21-15)19(26)25-10-5-7-16(14-25)18-20-8-12-24(18)11-6-9-22(2)3/h8,12-13,16H,5-7,9-11,14H2,1-4H3. The lowest BCUT2D eigenvalue weighted by atomic mass is 9.96. The summed E-state index contributed by atoms with van der Waals surface area (Å²) in [5.74, 6) is 1.49. The first-order valence-electron chi connectivity index (χ1n) is 9.41. The Morgan fingerprint density at radius 2 is 2.19 bits per heavy atom. The number of nitrogens with zero attached hydrogens (tertiary/aromatic N) is 6. The Hall–Kier alpha value is -2.15. The summed E-state index contributed by atoms with van der Waals surface area (Å²) in [4.78, 5) is 21.7. The van der Waals surface area contributed by atoms with Gasteiger partial charge in [0, 0.05) is 45.0 Å². The zero-order valence-corrected chi connectivity index (χ0v) is 16.4. The van der Waals surface area contributed by atoms with Gasteiger partial charge in [-0.05, 0) is 52.9 Å². The molecule has 0 aliphatic carbocycles. The van der Waals surface area contributed by atoms with Crippen LogP contribution in [0.1, 0.15) is 47.2 Å². The minimum absolute atomic E-state index is 0.0727. The lowest BCUT2D eigenvalue weighted by Crippen LogP contribution is -2.40. The Labute approximate surface area is 155 Å². The molecule has 2 aromatic rings. The Bertz CT molecular complexity index is 747. The molecule has 142 valence electrons. The molecule has 7 heteroatoms. The molecule has 0 bridgehead atoms. The fraction of sp³-hybridized carbons (Fsp3) is 0.632. The summed E-state index contributed by atoms with van der Waals surface area (Å²) < 4.78 is 3.94. The van der Waals surface area contributed by atoms with Gasteiger partial charge >= 0.3 is 0 Å². The molecule has 26 heavy (non-hydrogen) atoms. The highest BCUT2D eigenvalue weighted by Crippen LogP contribution is 2.27. The molecule has 7 nitrogen and oxygen atoms in total. The second-order valence-corrected chi connectivity index (χ2v) is 7.52. The predicted octanol–water partition coefficient (Wildman–Crippen LogP) is 1.90. The normalized spacial score (nSPS) is 17.9. The molecule has 0 N–H and O–H groups in total. The highest BCUT2D eigenvalue weighted by atomic mass is 16.2. The number of rotatable bonds is 6. The van der Waals surface area contributed by atoms with Gasteiger partial charge in [-0.1, -0.05) is 0 Å². The van der Waals surface area contributed by atoms with Gasteiger partial charge in [0.2, 0.25) is 0 Å². The van der Waals surface area contributed by atoms with Crippen molar-refractivity contribution in [3.05, 3.63) is 35.7 Å². The summed E-state index contributed by atoms with van der Waals surface area (Å²) in [6.07, 6.45) is 7.14. The monoisotopic (exact) mass is 358 g/mol. The quantitative estimate of drug-likeness (QED) is 0.791. The number of carbonyl (C=O) groups excluding carboxylic acids is 1. The Morgan fingerprint density at radius 3 is 2.88 bits per heavy atom. The molecule has 1 atom stereocenters. The molecule has 2 aromatic heterocycles. The minimum atomic E-state index is 0.0727. The van der Waals surface area contributed by atoms with Gasteiger partial charge in [0.05, 0.1) is 5.69 Å². The van der Waals surface area contributed by atoms with Crippen LogP contribution < -0.4 is 0 Å². The first-order chi connectivity index (χ1) is 12.5. The van der Waals surface area contributed by atoms with E-state index < -0.39 is 0 Å². The Kier molecular flexibility index (Phi) is 5.76. The van der Waals surface area contributed by atoms with Crippen molar-refractivity contribution in [3.8, 4) is 0 Å². The van der Waals surface area contributed by atoms with Crippen LogP contribution in [0.2, 0.25) is 0 Å². The maximum Gasteiger partial charge on any atom is 0.272 e. The van der Waals surface area contributed by atoms with Crippen LogP contribution in [-0.2, 0) is 13.6 Å². The van der Waals surface area contributed by atoms with Crippen LogP contribution in [0.3, 0.4) is 0 Å². The molecule has 3 heterocycles. The van der Waals surface area contributed by atoms with Gasteiger partial charge in [-0.15, -0.1) is 0 Å². The average Bonchev–Trinajstić information content (AvgIpc) is 3.20. The van der Waals surface area contributed by atoms with Crippen LogP contribution in [0.25, 0.3) is 0 Å². The van der Waals surface area contributed by atoms with Crippen LogP contribution in [0.5, 0.6) is 0 Å². The molecule has 1 fully saturated rings. The molecular formula is C19H30N6O. The van der Waals surface area contributed by atoms with Gasteiger partial charge in [-0.3, -0.25) is 9.48 Å². The van der Waals surface area contributed by atoms with E-state index in [1.165, 1.54) is 0 Å². The zero-order chi connectivity index (χ0) is 18.7. The van der Waals surface area contributed by atoms with Crippen LogP contribution in [-0.4, -0.2) is 68.8 Å². The fourth-order valence-corrected chi connectivity index (χ4v) is 3.77. The van der Waals surface area contributed by atoms with Crippen LogP contribution >= 0.6 is 0 Å². The van der Waals surface area contributed by atoms with Gasteiger partial charge in [0.1, 0.15) is 11.5 Å². The Morgan fingerprint density at radius 1 is 1.38 bits per heavy atom. The highest BCUT2D eigenvalue weighted by Gasteiger charge is 2.29. The number of carbonyl (C=O) groups is 1. The van der Waals surface area contributed by atoms with Crippen LogP contribution in [0, 0.1) is 6.92 Å². The van der Waals surface area contributed by atoms with E-state index in [0.29, 0.717) is 11.6 Å². The van der Waals surface area contributed by atoms with E-state index in [0.717, 1.165) is 57.0 Å². The van der Waals surface area contributed by atoms with Crippen LogP contribution in [0.15, 0.2) is 18.5 Å². The molecule has 0 saturated carbocycles. The summed E-state index contributed by atoms with van der Waals surface area (Å²) in [5.41, 5.74) is 1.54. The van der Waals surface area contributed by atoms with Gasteiger partial charge in [0.25, 0.3) is 5.91 Å². The van der Waals surface area contributed by atoms with E-state index in [-0.39, 0.29) is 5.91 Å². The van der Waals surface area contributed by atoms with Crippen molar-refractivity contribution in [1.29, 1.82) is 0 Å². The lowest BCUT2D eigenvalue weighted by Gasteiger charge is -2.32. The van der Waals surface area contributed by atoms with Gasteiger partial charge < -0.3 is 14.4 Å². The summed E-state index contributed by atoms with van der Waals surface area (Å²) >= 11 is 0. The Balaban J connectivity index is 1.68. The summed E-state index contributed by atoms with van der Waals surface area (Å²) in [6, 6.07) is 1.87. The van der Waals surface area contributed by atoms with E-state index in [4.69, 9.17) is 0 Å². The van der Waals surface area contributed by atoms with E-state index in [1.807, 2.05) is 31.1 Å². The third kappa shape index (κ3) is 4.15.